The van der Waals surface area contributed by atoms with Gasteiger partial charge in [0.1, 0.15) is 0 Å². The molecular weight excluding hydrogens is 376 g/mol. The fraction of sp³-hybridized carbons (Fsp3) is 0.0345. The average molecular weight is 400 g/mol. The molecule has 2 heteroatoms. The Labute approximate surface area is 183 Å². The molecule has 5 rings (SSSR count). The molecule has 31 heavy (non-hydrogen) atoms. The van der Waals surface area contributed by atoms with E-state index < -0.39 is 0 Å². The summed E-state index contributed by atoms with van der Waals surface area (Å²) < 4.78 is 2.32. The molecule has 0 atom stereocenters. The highest BCUT2D eigenvalue weighted by Gasteiger charge is 2.24. The zero-order valence-corrected chi connectivity index (χ0v) is 17.4. The third-order valence-electron chi connectivity index (χ3n) is 5.51. The van der Waals surface area contributed by atoms with Crippen molar-refractivity contribution in [2.24, 2.45) is 0 Å². The molecule has 0 radical (unpaired) electrons. The topological polar surface area (TPSA) is 16.8 Å². The van der Waals surface area contributed by atoms with Crippen LogP contribution in [0.15, 0.2) is 122 Å². The Morgan fingerprint density at radius 3 is 1.55 bits per heavy atom. The minimum absolute atomic E-state index is 1.09. The van der Waals surface area contributed by atoms with Crippen LogP contribution in [0.5, 0.6) is 0 Å². The maximum atomic E-state index is 4.24. The van der Waals surface area contributed by atoms with Gasteiger partial charge in [0, 0.05) is 47.8 Å². The van der Waals surface area contributed by atoms with Crippen molar-refractivity contribution in [3.8, 4) is 39.3 Å². The number of rotatable bonds is 4. The smallest absolute Gasteiger partial charge is 0.219 e. The first-order valence-corrected chi connectivity index (χ1v) is 10.5. The average Bonchev–Trinajstić information content (AvgIpc) is 2.85. The second kappa shape index (κ2) is 8.37. The minimum Gasteiger partial charge on any atom is -0.264 e. The predicted octanol–water partition coefficient (Wildman–Crippen LogP) is 6.67. The molecule has 2 heterocycles. The van der Waals surface area contributed by atoms with Crippen LogP contribution in [0, 0.1) is 6.92 Å². The Kier molecular flexibility index (Phi) is 5.12. The van der Waals surface area contributed by atoms with Crippen LogP contribution in [0.3, 0.4) is 0 Å². The van der Waals surface area contributed by atoms with Crippen molar-refractivity contribution in [1.82, 2.24) is 4.98 Å². The second-order valence-corrected chi connectivity index (χ2v) is 7.65. The SMILES string of the molecule is Cc1ccc(-c2cc(-c3ccccc3)[n+](-c3ccncc3)c(-c3ccccc3)c2)cc1. The molecule has 0 aliphatic carbocycles. The molecule has 0 spiro atoms. The predicted molar refractivity (Wildman–Crippen MR) is 127 cm³/mol. The van der Waals surface area contributed by atoms with Gasteiger partial charge in [-0.2, -0.15) is 4.57 Å². The highest BCUT2D eigenvalue weighted by Crippen LogP contribution is 2.30. The summed E-state index contributed by atoms with van der Waals surface area (Å²) in [6.45, 7) is 2.12. The molecule has 0 aliphatic rings. The molecule has 3 aromatic carbocycles. The van der Waals surface area contributed by atoms with Gasteiger partial charge in [-0.25, -0.2) is 0 Å². The van der Waals surface area contributed by atoms with Crippen LogP contribution in [-0.2, 0) is 0 Å². The number of benzene rings is 3. The third-order valence-corrected chi connectivity index (χ3v) is 5.51. The van der Waals surface area contributed by atoms with Gasteiger partial charge < -0.3 is 0 Å². The van der Waals surface area contributed by atoms with Crippen molar-refractivity contribution in [3.63, 3.8) is 0 Å². The van der Waals surface area contributed by atoms with E-state index in [1.54, 1.807) is 0 Å². The van der Waals surface area contributed by atoms with E-state index in [1.165, 1.54) is 27.8 Å². The Morgan fingerprint density at radius 2 is 1.03 bits per heavy atom. The van der Waals surface area contributed by atoms with E-state index >= 15 is 0 Å². The number of aromatic nitrogens is 2. The van der Waals surface area contributed by atoms with Crippen molar-refractivity contribution in [2.75, 3.05) is 0 Å². The summed E-state index contributed by atoms with van der Waals surface area (Å²) in [5.74, 6) is 0. The van der Waals surface area contributed by atoms with Gasteiger partial charge in [-0.15, -0.1) is 0 Å². The summed E-state index contributed by atoms with van der Waals surface area (Å²) in [5, 5.41) is 0. The van der Waals surface area contributed by atoms with Crippen molar-refractivity contribution >= 4 is 0 Å². The quantitative estimate of drug-likeness (QED) is 0.309. The van der Waals surface area contributed by atoms with Crippen LogP contribution in [-0.4, -0.2) is 4.98 Å². The maximum absolute atomic E-state index is 4.24. The Hall–Kier alpha value is -4.04. The van der Waals surface area contributed by atoms with Crippen molar-refractivity contribution in [1.29, 1.82) is 0 Å². The molecule has 0 N–H and O–H groups in total. The summed E-state index contributed by atoms with van der Waals surface area (Å²) in [6, 6.07) is 38.6. The fourth-order valence-corrected chi connectivity index (χ4v) is 3.92. The molecule has 148 valence electrons. The van der Waals surface area contributed by atoms with Gasteiger partial charge in [0.25, 0.3) is 0 Å². The van der Waals surface area contributed by atoms with Crippen LogP contribution < -0.4 is 4.57 Å². The molecule has 0 bridgehead atoms. The van der Waals surface area contributed by atoms with E-state index in [-0.39, 0.29) is 0 Å². The van der Waals surface area contributed by atoms with Gasteiger partial charge in [-0.1, -0.05) is 66.2 Å². The van der Waals surface area contributed by atoms with Gasteiger partial charge in [0.05, 0.1) is 0 Å². The van der Waals surface area contributed by atoms with Crippen LogP contribution >= 0.6 is 0 Å². The lowest BCUT2D eigenvalue weighted by atomic mass is 9.98. The molecule has 0 unspecified atom stereocenters. The highest BCUT2D eigenvalue weighted by molar-refractivity contribution is 5.74. The zero-order chi connectivity index (χ0) is 21.0. The number of nitrogens with zero attached hydrogens (tertiary/aromatic N) is 2. The lowest BCUT2D eigenvalue weighted by Crippen LogP contribution is -2.36. The van der Waals surface area contributed by atoms with Gasteiger partial charge in [0.15, 0.2) is 0 Å². The second-order valence-electron chi connectivity index (χ2n) is 7.65. The van der Waals surface area contributed by atoms with E-state index in [1.807, 2.05) is 12.4 Å². The van der Waals surface area contributed by atoms with E-state index in [9.17, 15) is 0 Å². The molecule has 5 aromatic rings. The van der Waals surface area contributed by atoms with E-state index in [2.05, 4.69) is 126 Å². The normalized spacial score (nSPS) is 10.7. The Morgan fingerprint density at radius 1 is 0.516 bits per heavy atom. The first kappa shape index (κ1) is 19.0. The summed E-state index contributed by atoms with van der Waals surface area (Å²) in [4.78, 5) is 4.24. The largest absolute Gasteiger partial charge is 0.264 e. The van der Waals surface area contributed by atoms with Gasteiger partial charge >= 0.3 is 0 Å². The molecule has 0 saturated carbocycles. The van der Waals surface area contributed by atoms with Gasteiger partial charge in [-0.05, 0) is 42.3 Å². The molecule has 0 saturated heterocycles. The summed E-state index contributed by atoms with van der Waals surface area (Å²) in [5.41, 5.74) is 9.38. The molecule has 0 fully saturated rings. The molecular formula is C29H23N2+. The fourth-order valence-electron chi connectivity index (χ4n) is 3.92. The molecule has 2 aromatic heterocycles. The summed E-state index contributed by atoms with van der Waals surface area (Å²) in [7, 11) is 0. The zero-order valence-electron chi connectivity index (χ0n) is 17.4. The summed E-state index contributed by atoms with van der Waals surface area (Å²) >= 11 is 0. The minimum atomic E-state index is 1.09. The standard InChI is InChI=1S/C29H23N2/c1-22-12-14-23(15-13-22)26-20-28(24-8-4-2-5-9-24)31(27-16-18-30-19-17-27)29(21-26)25-10-6-3-7-11-25/h2-21H,1H3/q+1. The van der Waals surface area contributed by atoms with Gasteiger partial charge in [0.2, 0.25) is 17.1 Å². The molecule has 2 nitrogen and oxygen atoms in total. The molecule has 0 aliphatic heterocycles. The maximum Gasteiger partial charge on any atom is 0.219 e. The van der Waals surface area contributed by atoms with Crippen LogP contribution in [0.1, 0.15) is 5.56 Å². The number of aryl methyl sites for hydroxylation is 1. The third kappa shape index (κ3) is 3.88. The highest BCUT2D eigenvalue weighted by atomic mass is 15.0. The van der Waals surface area contributed by atoms with Gasteiger partial charge in [-0.3, -0.25) is 4.98 Å². The molecule has 0 amide bonds. The van der Waals surface area contributed by atoms with Crippen LogP contribution in [0.4, 0.5) is 0 Å². The summed E-state index contributed by atoms with van der Waals surface area (Å²) in [6.07, 6.45) is 3.69. The lowest BCUT2D eigenvalue weighted by Gasteiger charge is -2.12. The van der Waals surface area contributed by atoms with E-state index in [0.29, 0.717) is 0 Å². The van der Waals surface area contributed by atoms with E-state index in [4.69, 9.17) is 0 Å². The van der Waals surface area contributed by atoms with Crippen molar-refractivity contribution in [2.45, 2.75) is 6.92 Å². The number of hydrogen-bond acceptors (Lipinski definition) is 1. The van der Waals surface area contributed by atoms with Crippen LogP contribution in [0.2, 0.25) is 0 Å². The first-order chi connectivity index (χ1) is 15.3. The van der Waals surface area contributed by atoms with Crippen molar-refractivity contribution < 1.29 is 4.57 Å². The van der Waals surface area contributed by atoms with Crippen molar-refractivity contribution in [3.05, 3.63) is 127 Å². The monoisotopic (exact) mass is 399 g/mol. The first-order valence-electron chi connectivity index (χ1n) is 10.5. The van der Waals surface area contributed by atoms with Crippen LogP contribution in [0.25, 0.3) is 39.3 Å². The Bertz CT molecular complexity index is 1230. The Balaban J connectivity index is 1.86. The number of hydrogen-bond donors (Lipinski definition) is 0. The lowest BCUT2D eigenvalue weighted by molar-refractivity contribution is -0.572. The van der Waals surface area contributed by atoms with E-state index in [0.717, 1.165) is 17.1 Å². The number of pyridine rings is 2.